The molecule has 4 aromatic rings. The monoisotopic (exact) mass is 561 g/mol. The van der Waals surface area contributed by atoms with Crippen LogP contribution < -0.4 is 10.5 Å². The maximum absolute atomic E-state index is 15.1. The molecular formula is C26H20F5N5O2S. The molecule has 0 unspecified atom stereocenters. The molecule has 1 aliphatic carbocycles. The summed E-state index contributed by atoms with van der Waals surface area (Å²) in [5, 5.41) is 0.00839. The predicted molar refractivity (Wildman–Crippen MR) is 133 cm³/mol. The molecule has 1 aromatic carbocycles. The Morgan fingerprint density at radius 3 is 2.69 bits per heavy atom. The number of rotatable bonds is 7. The molecule has 6 rings (SSSR count). The molecular weight excluding hydrogens is 541 g/mol. The first-order valence-electron chi connectivity index (χ1n) is 11.9. The average Bonchev–Trinajstić information content (AvgIpc) is 3.43. The lowest BCUT2D eigenvalue weighted by Crippen LogP contribution is -2.39. The van der Waals surface area contributed by atoms with Crippen molar-refractivity contribution in [2.45, 2.75) is 43.1 Å². The molecule has 1 fully saturated rings. The van der Waals surface area contributed by atoms with Gasteiger partial charge in [0.05, 0.1) is 40.1 Å². The molecule has 13 heteroatoms. The lowest BCUT2D eigenvalue weighted by Gasteiger charge is -2.34. The van der Waals surface area contributed by atoms with Gasteiger partial charge in [-0.05, 0) is 37.1 Å². The zero-order valence-corrected chi connectivity index (χ0v) is 21.1. The number of halogens is 5. The van der Waals surface area contributed by atoms with E-state index in [0.29, 0.717) is 11.6 Å². The fourth-order valence-corrected chi connectivity index (χ4v) is 6.55. The topological polar surface area (TPSA) is 99.4 Å². The number of amidine groups is 1. The van der Waals surface area contributed by atoms with Gasteiger partial charge in [-0.1, -0.05) is 11.8 Å². The Kier molecular flexibility index (Phi) is 6.01. The summed E-state index contributed by atoms with van der Waals surface area (Å²) in [4.78, 5) is 16.7. The first kappa shape index (κ1) is 25.5. The predicted octanol–water partition coefficient (Wildman–Crippen LogP) is 5.51. The molecule has 3 atom stereocenters. The number of hydrogen-bond acceptors (Lipinski definition) is 8. The van der Waals surface area contributed by atoms with E-state index in [-0.39, 0.29) is 52.4 Å². The number of aliphatic imine (C=N–C) groups is 1. The quantitative estimate of drug-likeness (QED) is 0.297. The van der Waals surface area contributed by atoms with E-state index in [1.807, 2.05) is 0 Å². The SMILES string of the molecule is C[C@]1(c2cc(Cc3ncc(F)c4cc(OCc5ncco5)cnc34)cc(F)c2F)N=C(N)S[C@@]2(C(F)F)C[C@@H]12. The van der Waals surface area contributed by atoms with E-state index >= 15 is 4.39 Å². The second kappa shape index (κ2) is 9.18. The van der Waals surface area contributed by atoms with Crippen LogP contribution in [0, 0.1) is 23.4 Å². The summed E-state index contributed by atoms with van der Waals surface area (Å²) < 4.78 is 81.6. The van der Waals surface area contributed by atoms with Crippen molar-refractivity contribution in [2.24, 2.45) is 16.6 Å². The van der Waals surface area contributed by atoms with Crippen molar-refractivity contribution >= 4 is 27.8 Å². The summed E-state index contributed by atoms with van der Waals surface area (Å²) in [5.41, 5.74) is 4.99. The highest BCUT2D eigenvalue weighted by Gasteiger charge is 2.71. The lowest BCUT2D eigenvalue weighted by molar-refractivity contribution is 0.123. The van der Waals surface area contributed by atoms with Crippen molar-refractivity contribution in [3.05, 3.63) is 83.2 Å². The molecule has 1 saturated carbocycles. The highest BCUT2D eigenvalue weighted by molar-refractivity contribution is 8.15. The molecule has 0 saturated heterocycles. The second-order valence-electron chi connectivity index (χ2n) is 9.66. The Morgan fingerprint density at radius 1 is 1.13 bits per heavy atom. The maximum Gasteiger partial charge on any atom is 0.253 e. The van der Waals surface area contributed by atoms with Crippen LogP contribution in [0.25, 0.3) is 10.9 Å². The van der Waals surface area contributed by atoms with E-state index in [2.05, 4.69) is 19.9 Å². The van der Waals surface area contributed by atoms with Gasteiger partial charge >= 0.3 is 0 Å². The number of nitrogens with zero attached hydrogens (tertiary/aromatic N) is 4. The Hall–Kier alpha value is -3.74. The number of aromatic nitrogens is 3. The Bertz CT molecular complexity index is 1620. The van der Waals surface area contributed by atoms with E-state index < -0.39 is 40.1 Å². The molecule has 202 valence electrons. The van der Waals surface area contributed by atoms with Crippen LogP contribution >= 0.6 is 11.8 Å². The summed E-state index contributed by atoms with van der Waals surface area (Å²) in [6.45, 7) is 1.50. The molecule has 0 amide bonds. The number of oxazole rings is 1. The molecule has 7 nitrogen and oxygen atoms in total. The number of pyridine rings is 2. The third kappa shape index (κ3) is 4.28. The average molecular weight is 562 g/mol. The van der Waals surface area contributed by atoms with Gasteiger partial charge in [0.15, 0.2) is 29.2 Å². The van der Waals surface area contributed by atoms with Gasteiger partial charge in [0.1, 0.15) is 12.0 Å². The third-order valence-electron chi connectivity index (χ3n) is 7.22. The van der Waals surface area contributed by atoms with Gasteiger partial charge in [0, 0.05) is 23.3 Å². The second-order valence-corrected chi connectivity index (χ2v) is 11.0. The van der Waals surface area contributed by atoms with Crippen LogP contribution in [-0.2, 0) is 18.6 Å². The first-order valence-corrected chi connectivity index (χ1v) is 12.7. The van der Waals surface area contributed by atoms with Crippen molar-refractivity contribution in [2.75, 3.05) is 0 Å². The number of hydrogen-bond donors (Lipinski definition) is 1. The van der Waals surface area contributed by atoms with E-state index in [1.54, 1.807) is 0 Å². The molecule has 2 N–H and O–H groups in total. The van der Waals surface area contributed by atoms with Crippen LogP contribution in [0.3, 0.4) is 0 Å². The summed E-state index contributed by atoms with van der Waals surface area (Å²) >= 11 is 0.780. The van der Waals surface area contributed by atoms with E-state index in [9.17, 15) is 17.6 Å². The van der Waals surface area contributed by atoms with Gasteiger partial charge in [-0.15, -0.1) is 0 Å². The van der Waals surface area contributed by atoms with E-state index in [4.69, 9.17) is 14.9 Å². The van der Waals surface area contributed by atoms with Crippen LogP contribution in [0.2, 0.25) is 0 Å². The maximum atomic E-state index is 15.1. The Balaban J connectivity index is 1.34. The van der Waals surface area contributed by atoms with E-state index in [0.717, 1.165) is 24.0 Å². The van der Waals surface area contributed by atoms with Crippen molar-refractivity contribution < 1.29 is 31.1 Å². The molecule has 2 aliphatic rings. The van der Waals surface area contributed by atoms with Crippen LogP contribution in [0.15, 0.2) is 52.5 Å². The number of nitrogens with two attached hydrogens (primary N) is 1. The minimum Gasteiger partial charge on any atom is -0.482 e. The number of ether oxygens (including phenoxy) is 1. The van der Waals surface area contributed by atoms with Crippen molar-refractivity contribution in [3.63, 3.8) is 0 Å². The van der Waals surface area contributed by atoms with Gasteiger partial charge in [0.2, 0.25) is 5.89 Å². The highest BCUT2D eigenvalue weighted by atomic mass is 32.2. The van der Waals surface area contributed by atoms with E-state index in [1.165, 1.54) is 37.7 Å². The van der Waals surface area contributed by atoms with Gasteiger partial charge in [-0.3, -0.25) is 15.0 Å². The number of benzene rings is 1. The summed E-state index contributed by atoms with van der Waals surface area (Å²) in [7, 11) is 0. The minimum absolute atomic E-state index is 0.00941. The third-order valence-corrected chi connectivity index (χ3v) is 8.53. The molecule has 0 bridgehead atoms. The zero-order chi connectivity index (χ0) is 27.5. The Morgan fingerprint density at radius 2 is 1.95 bits per heavy atom. The molecule has 3 aromatic heterocycles. The number of thioether (sulfide) groups is 1. The highest BCUT2D eigenvalue weighted by Crippen LogP contribution is 2.68. The minimum atomic E-state index is -2.71. The van der Waals surface area contributed by atoms with Crippen LogP contribution in [0.4, 0.5) is 22.0 Å². The zero-order valence-electron chi connectivity index (χ0n) is 20.3. The van der Waals surface area contributed by atoms with Crippen LogP contribution in [0.1, 0.15) is 36.1 Å². The molecule has 0 spiro atoms. The van der Waals surface area contributed by atoms with Crippen LogP contribution in [0.5, 0.6) is 5.75 Å². The number of alkyl halides is 2. The lowest BCUT2D eigenvalue weighted by atomic mass is 9.84. The fraction of sp³-hybridized carbons (Fsp3) is 0.308. The van der Waals surface area contributed by atoms with Crippen molar-refractivity contribution in [1.29, 1.82) is 0 Å². The summed E-state index contributed by atoms with van der Waals surface area (Å²) in [6, 6.07) is 3.81. The first-order chi connectivity index (χ1) is 18.6. The fourth-order valence-electron chi connectivity index (χ4n) is 5.21. The van der Waals surface area contributed by atoms with Gasteiger partial charge in [-0.25, -0.2) is 26.9 Å². The summed E-state index contributed by atoms with van der Waals surface area (Å²) in [5.74, 6) is -3.13. The summed E-state index contributed by atoms with van der Waals surface area (Å²) in [6.07, 6.45) is 2.56. The smallest absolute Gasteiger partial charge is 0.253 e. The molecule has 39 heavy (non-hydrogen) atoms. The largest absolute Gasteiger partial charge is 0.482 e. The van der Waals surface area contributed by atoms with Crippen molar-refractivity contribution in [1.82, 2.24) is 15.0 Å². The molecule has 1 aliphatic heterocycles. The Labute approximate surface area is 222 Å². The standard InChI is InChI=1S/C26H20F5N5O2S/c1-25(19-8-26(19,23(30)31)39-24(32)36-25)15-4-12(5-16(27)21(15)29)6-18-22-14(17(28)10-34-18)7-13(9-35-22)38-11-20-33-2-3-37-20/h2-5,7,9-10,19,23H,6,8,11H2,1H3,(H2,32,36)/t19-,25+,26-/m0/s1. The van der Waals surface area contributed by atoms with Gasteiger partial charge in [0.25, 0.3) is 6.43 Å². The van der Waals surface area contributed by atoms with Gasteiger partial charge in [-0.2, -0.15) is 0 Å². The normalized spacial score (nSPS) is 24.1. The molecule has 0 radical (unpaired) electrons. The molecule has 4 heterocycles. The van der Waals surface area contributed by atoms with Crippen molar-refractivity contribution in [3.8, 4) is 5.75 Å². The van der Waals surface area contributed by atoms with Crippen LogP contribution in [-0.4, -0.2) is 31.3 Å². The van der Waals surface area contributed by atoms with Gasteiger partial charge < -0.3 is 14.9 Å². The number of fused-ring (bicyclic) bond motifs is 2.